The van der Waals surface area contributed by atoms with E-state index in [4.69, 9.17) is 5.11 Å². The second-order valence-electron chi connectivity index (χ2n) is 5.31. The minimum Gasteiger partial charge on any atom is -0.481 e. The van der Waals surface area contributed by atoms with E-state index >= 15 is 0 Å². The van der Waals surface area contributed by atoms with Crippen molar-refractivity contribution in [1.82, 2.24) is 4.31 Å². The van der Waals surface area contributed by atoms with Gasteiger partial charge in [0.05, 0.1) is 13.0 Å². The van der Waals surface area contributed by atoms with Crippen molar-refractivity contribution in [2.45, 2.75) is 18.7 Å². The Kier molecular flexibility index (Phi) is 4.59. The number of carboxylic acids is 1. The van der Waals surface area contributed by atoms with Crippen molar-refractivity contribution < 1.29 is 27.9 Å². The Balaban J connectivity index is 2.43. The average molecular weight is 347 g/mol. The quantitative estimate of drug-likeness (QED) is 0.821. The molecule has 0 saturated carbocycles. The number of carbonyl (C=O) groups is 2. The Morgan fingerprint density at radius 1 is 1.41 bits per heavy atom. The van der Waals surface area contributed by atoms with Gasteiger partial charge in [-0.3, -0.25) is 4.79 Å². The summed E-state index contributed by atoms with van der Waals surface area (Å²) >= 11 is 1.01. The fourth-order valence-electron chi connectivity index (χ4n) is 2.56. The van der Waals surface area contributed by atoms with Crippen LogP contribution < -0.4 is 0 Å². The largest absolute Gasteiger partial charge is 0.481 e. The molecule has 0 unspecified atom stereocenters. The highest BCUT2D eigenvalue weighted by Gasteiger charge is 2.42. The zero-order chi connectivity index (χ0) is 16.7. The second-order valence-corrected chi connectivity index (χ2v) is 8.07. The van der Waals surface area contributed by atoms with Gasteiger partial charge in [-0.25, -0.2) is 13.2 Å². The van der Waals surface area contributed by atoms with Crippen LogP contribution in [0.2, 0.25) is 0 Å². The van der Waals surface area contributed by atoms with E-state index in [1.54, 1.807) is 19.2 Å². The number of aryl methyl sites for hydroxylation is 1. The molecule has 1 aromatic rings. The standard InChI is InChI=1S/C13H17NO6S2/c1-7-4-14(5-9(7)12(15)16)22(18,19)11-8(2)6-21-10(11)13(17)20-3/h6-7,9H,4-5H2,1-3H3,(H,15,16)/t7-,9-/m1/s1. The zero-order valence-electron chi connectivity index (χ0n) is 12.4. The molecule has 0 aromatic carbocycles. The average Bonchev–Trinajstić information content (AvgIpc) is 3.01. The van der Waals surface area contributed by atoms with Crippen LogP contribution >= 0.6 is 11.3 Å². The Morgan fingerprint density at radius 2 is 2.05 bits per heavy atom. The normalized spacial score (nSPS) is 22.7. The number of rotatable bonds is 4. The maximum Gasteiger partial charge on any atom is 0.349 e. The van der Waals surface area contributed by atoms with E-state index in [9.17, 15) is 18.0 Å². The van der Waals surface area contributed by atoms with Crippen LogP contribution in [0.5, 0.6) is 0 Å². The molecule has 1 aromatic heterocycles. The van der Waals surface area contributed by atoms with E-state index in [-0.39, 0.29) is 28.8 Å². The number of hydrogen-bond acceptors (Lipinski definition) is 6. The third kappa shape index (κ3) is 2.75. The summed E-state index contributed by atoms with van der Waals surface area (Å²) in [6.07, 6.45) is 0. The number of hydrogen-bond donors (Lipinski definition) is 1. The summed E-state index contributed by atoms with van der Waals surface area (Å²) in [4.78, 5) is 22.9. The van der Waals surface area contributed by atoms with Gasteiger partial charge in [-0.2, -0.15) is 4.31 Å². The number of sulfonamides is 1. The maximum absolute atomic E-state index is 12.8. The van der Waals surface area contributed by atoms with Gasteiger partial charge in [-0.15, -0.1) is 11.3 Å². The van der Waals surface area contributed by atoms with Crippen molar-refractivity contribution in [2.75, 3.05) is 20.2 Å². The van der Waals surface area contributed by atoms with Crippen molar-refractivity contribution in [3.8, 4) is 0 Å². The molecule has 0 bridgehead atoms. The number of nitrogens with zero attached hydrogens (tertiary/aromatic N) is 1. The molecular formula is C13H17NO6S2. The first-order chi connectivity index (χ1) is 10.2. The minimum absolute atomic E-state index is 0.0198. The molecule has 0 radical (unpaired) electrons. The summed E-state index contributed by atoms with van der Waals surface area (Å²) in [5.41, 5.74) is 0.455. The number of aliphatic carboxylic acids is 1. The fraction of sp³-hybridized carbons (Fsp3) is 0.538. The van der Waals surface area contributed by atoms with Gasteiger partial charge in [0, 0.05) is 13.1 Å². The first kappa shape index (κ1) is 16.9. The summed E-state index contributed by atoms with van der Waals surface area (Å²) in [6, 6.07) is 0. The highest BCUT2D eigenvalue weighted by molar-refractivity contribution is 7.89. The lowest BCUT2D eigenvalue weighted by molar-refractivity contribution is -0.142. The molecular weight excluding hydrogens is 330 g/mol. The molecule has 0 amide bonds. The molecule has 1 saturated heterocycles. The zero-order valence-corrected chi connectivity index (χ0v) is 14.0. The molecule has 22 heavy (non-hydrogen) atoms. The smallest absolute Gasteiger partial charge is 0.349 e. The molecule has 1 fully saturated rings. The van der Waals surface area contributed by atoms with Gasteiger partial charge in [-0.1, -0.05) is 6.92 Å². The molecule has 1 aliphatic heterocycles. The summed E-state index contributed by atoms with van der Waals surface area (Å²) in [6.45, 7) is 3.34. The van der Waals surface area contributed by atoms with Gasteiger partial charge in [0.2, 0.25) is 10.0 Å². The molecule has 2 heterocycles. The Bertz CT molecular complexity index is 708. The molecule has 2 atom stereocenters. The van der Waals surface area contributed by atoms with Crippen LogP contribution in [0.3, 0.4) is 0 Å². The Morgan fingerprint density at radius 3 is 2.55 bits per heavy atom. The van der Waals surface area contributed by atoms with Crippen molar-refractivity contribution in [2.24, 2.45) is 11.8 Å². The highest BCUT2D eigenvalue weighted by atomic mass is 32.2. The van der Waals surface area contributed by atoms with E-state index in [0.717, 1.165) is 15.6 Å². The van der Waals surface area contributed by atoms with Gasteiger partial charge < -0.3 is 9.84 Å². The van der Waals surface area contributed by atoms with Crippen LogP contribution in [0, 0.1) is 18.8 Å². The van der Waals surface area contributed by atoms with E-state index in [1.165, 1.54) is 7.11 Å². The molecule has 1 aliphatic rings. The lowest BCUT2D eigenvalue weighted by Gasteiger charge is -2.17. The number of thiophene rings is 1. The number of ether oxygens (including phenoxy) is 1. The van der Waals surface area contributed by atoms with Crippen LogP contribution in [0.1, 0.15) is 22.2 Å². The van der Waals surface area contributed by atoms with E-state index in [0.29, 0.717) is 5.56 Å². The summed E-state index contributed by atoms with van der Waals surface area (Å²) in [7, 11) is -2.74. The molecule has 122 valence electrons. The second kappa shape index (κ2) is 5.98. The molecule has 0 spiro atoms. The summed E-state index contributed by atoms with van der Waals surface area (Å²) in [5.74, 6) is -2.75. The molecule has 9 heteroatoms. The third-order valence-corrected chi connectivity index (χ3v) is 7.01. The first-order valence-electron chi connectivity index (χ1n) is 6.59. The summed E-state index contributed by atoms with van der Waals surface area (Å²) in [5, 5.41) is 10.7. The lowest BCUT2D eigenvalue weighted by Crippen LogP contribution is -2.31. The van der Waals surface area contributed by atoms with E-state index in [1.807, 2.05) is 0 Å². The van der Waals surface area contributed by atoms with E-state index in [2.05, 4.69) is 4.74 Å². The number of carbonyl (C=O) groups excluding carboxylic acids is 1. The van der Waals surface area contributed by atoms with Gasteiger partial charge in [0.1, 0.15) is 9.77 Å². The highest BCUT2D eigenvalue weighted by Crippen LogP contribution is 2.34. The number of carboxylic acid groups (broad SMARTS) is 1. The van der Waals surface area contributed by atoms with Crippen LogP contribution in [-0.2, 0) is 19.6 Å². The number of esters is 1. The van der Waals surface area contributed by atoms with Crippen molar-refractivity contribution >= 4 is 33.3 Å². The Hall–Kier alpha value is -1.45. The van der Waals surface area contributed by atoms with Gasteiger partial charge in [0.25, 0.3) is 0 Å². The predicted molar refractivity (Wildman–Crippen MR) is 79.4 cm³/mol. The predicted octanol–water partition coefficient (Wildman–Crippen LogP) is 1.18. The fourth-order valence-corrected chi connectivity index (χ4v) is 5.78. The molecule has 2 rings (SSSR count). The van der Waals surface area contributed by atoms with Gasteiger partial charge in [-0.05, 0) is 23.8 Å². The minimum atomic E-state index is -3.93. The van der Waals surface area contributed by atoms with Crippen LogP contribution in [0.4, 0.5) is 0 Å². The van der Waals surface area contributed by atoms with Crippen molar-refractivity contribution in [3.63, 3.8) is 0 Å². The third-order valence-electron chi connectivity index (χ3n) is 3.78. The van der Waals surface area contributed by atoms with Gasteiger partial charge in [0.15, 0.2) is 0 Å². The Labute approximate surface area is 132 Å². The van der Waals surface area contributed by atoms with Crippen LogP contribution in [-0.4, -0.2) is 50.0 Å². The molecule has 1 N–H and O–H groups in total. The van der Waals surface area contributed by atoms with Crippen molar-refractivity contribution in [1.29, 1.82) is 0 Å². The maximum atomic E-state index is 12.8. The molecule has 7 nitrogen and oxygen atoms in total. The van der Waals surface area contributed by atoms with Crippen LogP contribution in [0.15, 0.2) is 10.3 Å². The van der Waals surface area contributed by atoms with E-state index < -0.39 is 27.9 Å². The lowest BCUT2D eigenvalue weighted by atomic mass is 9.99. The SMILES string of the molecule is COC(=O)c1scc(C)c1S(=O)(=O)N1C[C@@H](C)[C@H](C(=O)O)C1. The van der Waals surface area contributed by atoms with Gasteiger partial charge >= 0.3 is 11.9 Å². The topological polar surface area (TPSA) is 101 Å². The molecule has 0 aliphatic carbocycles. The number of methoxy groups -OCH3 is 1. The summed E-state index contributed by atoms with van der Waals surface area (Å²) < 4.78 is 31.4. The first-order valence-corrected chi connectivity index (χ1v) is 8.91. The monoisotopic (exact) mass is 347 g/mol. The van der Waals surface area contributed by atoms with Crippen molar-refractivity contribution in [3.05, 3.63) is 15.8 Å². The van der Waals surface area contributed by atoms with Crippen LogP contribution in [0.25, 0.3) is 0 Å².